The van der Waals surface area contributed by atoms with Crippen molar-refractivity contribution in [2.45, 2.75) is 32.4 Å². The van der Waals surface area contributed by atoms with Crippen molar-refractivity contribution in [2.24, 2.45) is 0 Å². The van der Waals surface area contributed by atoms with Gasteiger partial charge in [-0.3, -0.25) is 10.1 Å². The quantitative estimate of drug-likeness (QED) is 0.423. The maximum atomic E-state index is 12.5. The van der Waals surface area contributed by atoms with Gasteiger partial charge in [0.2, 0.25) is 0 Å². The number of nitrogens with one attached hydrogen (secondary N) is 1. The Labute approximate surface area is 156 Å². The van der Waals surface area contributed by atoms with Crippen molar-refractivity contribution >= 4 is 23.3 Å². The number of nitrogens with zero attached hydrogens (tertiary/aromatic N) is 2. The molecule has 27 heavy (non-hydrogen) atoms. The Hall–Kier alpha value is -2.88. The first-order valence-corrected chi connectivity index (χ1v) is 8.42. The van der Waals surface area contributed by atoms with Gasteiger partial charge in [0.05, 0.1) is 4.92 Å². The molecule has 0 aliphatic carbocycles. The average Bonchev–Trinajstić information content (AvgIpc) is 2.58. The summed E-state index contributed by atoms with van der Waals surface area (Å²) >= 11 is 0. The number of carboxylic acid groups (broad SMARTS) is 1. The lowest BCUT2D eigenvalue weighted by atomic mass is 10.1. The van der Waals surface area contributed by atoms with E-state index in [0.717, 1.165) is 0 Å². The molecule has 10 heteroatoms. The number of hydrogen-bond acceptors (Lipinski definition) is 8. The first kappa shape index (κ1) is 20.4. The Kier molecular flexibility index (Phi) is 6.21. The highest BCUT2D eigenvalue weighted by Crippen LogP contribution is 2.33. The van der Waals surface area contributed by atoms with Crippen LogP contribution in [0.5, 0.6) is 5.75 Å². The van der Waals surface area contributed by atoms with Crippen LogP contribution in [0.2, 0.25) is 0 Å². The van der Waals surface area contributed by atoms with Gasteiger partial charge in [0.15, 0.2) is 12.4 Å². The number of carbonyl (C=O) groups excluding carboxylic acids is 1. The maximum absolute atomic E-state index is 12.5. The van der Waals surface area contributed by atoms with E-state index in [1.807, 2.05) is 0 Å². The van der Waals surface area contributed by atoms with Crippen LogP contribution in [0.25, 0.3) is 0 Å². The van der Waals surface area contributed by atoms with E-state index in [0.29, 0.717) is 25.3 Å². The van der Waals surface area contributed by atoms with Crippen molar-refractivity contribution in [3.63, 3.8) is 0 Å². The topological polar surface area (TPSA) is 131 Å². The smallest absolute Gasteiger partial charge is 0.341 e. The van der Waals surface area contributed by atoms with Gasteiger partial charge in [-0.2, -0.15) is 0 Å². The monoisotopic (exact) mass is 381 g/mol. The van der Waals surface area contributed by atoms with E-state index < -0.39 is 35.1 Å². The number of nitro benzene ring substituents is 1. The second-order valence-corrected chi connectivity index (χ2v) is 7.04. The summed E-state index contributed by atoms with van der Waals surface area (Å²) in [4.78, 5) is 35.6. The Balaban J connectivity index is 2.30. The molecule has 1 aliphatic rings. The molecule has 148 valence electrons. The van der Waals surface area contributed by atoms with Crippen LogP contribution in [-0.4, -0.2) is 59.9 Å². The Bertz CT molecular complexity index is 730. The lowest BCUT2D eigenvalue weighted by Gasteiger charge is -2.37. The zero-order valence-corrected chi connectivity index (χ0v) is 15.4. The Morgan fingerprint density at radius 3 is 2.70 bits per heavy atom. The molecule has 0 radical (unpaired) electrons. The standard InChI is InChI=1S/C17H23N3O7/c1-17(2,3)27-16(23)13-9-18-6-7-19(13)11-4-5-14(26-10-15(21)22)12(8-11)20(24)25/h4-5,8,13,18H,6-7,9-10H2,1-3H3,(H,21,22). The summed E-state index contributed by atoms with van der Waals surface area (Å²) in [6.07, 6.45) is 0. The van der Waals surface area contributed by atoms with Crippen molar-refractivity contribution in [3.8, 4) is 5.75 Å². The van der Waals surface area contributed by atoms with Crippen LogP contribution < -0.4 is 15.0 Å². The largest absolute Gasteiger partial charge is 0.479 e. The van der Waals surface area contributed by atoms with Crippen LogP contribution in [-0.2, 0) is 14.3 Å². The number of ether oxygens (including phenoxy) is 2. The minimum absolute atomic E-state index is 0.143. The van der Waals surface area contributed by atoms with Gasteiger partial charge in [-0.1, -0.05) is 0 Å². The second kappa shape index (κ2) is 8.21. The predicted octanol–water partition coefficient (Wildman–Crippen LogP) is 1.18. The average molecular weight is 381 g/mol. The highest BCUT2D eigenvalue weighted by molar-refractivity contribution is 5.81. The summed E-state index contributed by atoms with van der Waals surface area (Å²) in [7, 11) is 0. The van der Waals surface area contributed by atoms with Crippen LogP contribution in [0.15, 0.2) is 18.2 Å². The van der Waals surface area contributed by atoms with Crippen molar-refractivity contribution in [1.29, 1.82) is 0 Å². The van der Waals surface area contributed by atoms with Gasteiger partial charge in [-0.05, 0) is 32.9 Å². The van der Waals surface area contributed by atoms with Crippen LogP contribution in [0, 0.1) is 10.1 Å². The summed E-state index contributed by atoms with van der Waals surface area (Å²) in [5.41, 5.74) is -0.558. The number of carboxylic acids is 1. The highest BCUT2D eigenvalue weighted by Gasteiger charge is 2.33. The lowest BCUT2D eigenvalue weighted by molar-refractivity contribution is -0.385. The molecule has 1 unspecified atom stereocenters. The molecule has 0 bridgehead atoms. The van der Waals surface area contributed by atoms with Gasteiger partial charge >= 0.3 is 17.6 Å². The number of aliphatic carboxylic acids is 1. The number of piperazine rings is 1. The molecule has 0 saturated carbocycles. The van der Waals surface area contributed by atoms with Crippen LogP contribution in [0.4, 0.5) is 11.4 Å². The van der Waals surface area contributed by atoms with E-state index >= 15 is 0 Å². The third kappa shape index (κ3) is 5.55. The Morgan fingerprint density at radius 2 is 2.11 bits per heavy atom. The fourth-order valence-corrected chi connectivity index (χ4v) is 2.68. The molecule has 1 fully saturated rings. The summed E-state index contributed by atoms with van der Waals surface area (Å²) in [5, 5.41) is 23.2. The van der Waals surface area contributed by atoms with Crippen molar-refractivity contribution in [1.82, 2.24) is 5.32 Å². The minimum Gasteiger partial charge on any atom is -0.479 e. The van der Waals surface area contributed by atoms with Gasteiger partial charge in [-0.15, -0.1) is 0 Å². The van der Waals surface area contributed by atoms with E-state index in [-0.39, 0.29) is 11.4 Å². The molecule has 1 heterocycles. The molecule has 1 aliphatic heterocycles. The van der Waals surface area contributed by atoms with Crippen LogP contribution in [0.1, 0.15) is 20.8 Å². The van der Waals surface area contributed by atoms with Gasteiger partial charge in [-0.25, -0.2) is 9.59 Å². The van der Waals surface area contributed by atoms with Crippen LogP contribution in [0.3, 0.4) is 0 Å². The van der Waals surface area contributed by atoms with E-state index in [4.69, 9.17) is 14.6 Å². The zero-order valence-electron chi connectivity index (χ0n) is 15.4. The zero-order chi connectivity index (χ0) is 20.2. The maximum Gasteiger partial charge on any atom is 0.341 e. The van der Waals surface area contributed by atoms with Gasteiger partial charge in [0, 0.05) is 31.4 Å². The summed E-state index contributed by atoms with van der Waals surface area (Å²) in [6, 6.07) is 3.54. The fraction of sp³-hybridized carbons (Fsp3) is 0.529. The van der Waals surface area contributed by atoms with Crippen molar-refractivity contribution in [2.75, 3.05) is 31.1 Å². The molecule has 1 aromatic rings. The number of carbonyl (C=O) groups is 2. The molecular formula is C17H23N3O7. The van der Waals surface area contributed by atoms with E-state index in [1.165, 1.54) is 12.1 Å². The molecule has 10 nitrogen and oxygen atoms in total. The summed E-state index contributed by atoms with van der Waals surface area (Å²) in [5.74, 6) is -1.81. The normalized spacial score (nSPS) is 17.3. The molecular weight excluding hydrogens is 358 g/mol. The molecule has 0 aromatic heterocycles. The number of hydrogen-bond donors (Lipinski definition) is 2. The molecule has 1 aromatic carbocycles. The van der Waals surface area contributed by atoms with Gasteiger partial charge < -0.3 is 24.8 Å². The second-order valence-electron chi connectivity index (χ2n) is 7.04. The number of nitro groups is 1. The third-order valence-electron chi connectivity index (χ3n) is 3.74. The highest BCUT2D eigenvalue weighted by atomic mass is 16.6. The van der Waals surface area contributed by atoms with Gasteiger partial charge in [0.1, 0.15) is 11.6 Å². The summed E-state index contributed by atoms with van der Waals surface area (Å²) < 4.78 is 10.4. The van der Waals surface area contributed by atoms with Gasteiger partial charge in [0.25, 0.3) is 0 Å². The third-order valence-corrected chi connectivity index (χ3v) is 3.74. The minimum atomic E-state index is -1.24. The first-order chi connectivity index (χ1) is 12.6. The van der Waals surface area contributed by atoms with Crippen molar-refractivity contribution < 1.29 is 29.1 Å². The number of rotatable bonds is 6. The molecule has 1 saturated heterocycles. The lowest BCUT2D eigenvalue weighted by Crippen LogP contribution is -2.56. The fourth-order valence-electron chi connectivity index (χ4n) is 2.68. The summed E-state index contributed by atoms with van der Waals surface area (Å²) in [6.45, 7) is 6.02. The van der Waals surface area contributed by atoms with E-state index in [1.54, 1.807) is 31.7 Å². The first-order valence-electron chi connectivity index (χ1n) is 8.42. The molecule has 2 N–H and O–H groups in total. The molecule has 0 amide bonds. The Morgan fingerprint density at radius 1 is 1.41 bits per heavy atom. The number of esters is 1. The van der Waals surface area contributed by atoms with E-state index in [9.17, 15) is 19.7 Å². The molecule has 2 rings (SSSR count). The van der Waals surface area contributed by atoms with Crippen molar-refractivity contribution in [3.05, 3.63) is 28.3 Å². The number of anilines is 1. The van der Waals surface area contributed by atoms with Crippen LogP contribution >= 0.6 is 0 Å². The molecule has 1 atom stereocenters. The number of benzene rings is 1. The SMILES string of the molecule is CC(C)(C)OC(=O)C1CNCCN1c1ccc(OCC(=O)O)c([N+](=O)[O-])c1. The predicted molar refractivity (Wildman–Crippen MR) is 96.1 cm³/mol. The molecule has 0 spiro atoms. The van der Waals surface area contributed by atoms with E-state index in [2.05, 4.69) is 5.32 Å².